The molecule has 168 valence electrons. The maximum atomic E-state index is 13.1. The van der Waals surface area contributed by atoms with E-state index in [4.69, 9.17) is 9.47 Å². The molecular weight excluding hydrogens is 397 g/mol. The summed E-state index contributed by atoms with van der Waals surface area (Å²) in [6.45, 7) is 0.697. The second kappa shape index (κ2) is 11.1. The van der Waals surface area contributed by atoms with Crippen molar-refractivity contribution < 1.29 is 18.7 Å². The standard InChI is InChI=1S/C24H32FN3O3/c1-28(24(29)21-13-12-20(30-2)16-23(21)31-3)14-6-4-5-7-19-15-22(27-26-19)17-8-10-18(25)11-9-17/h8-13,16,19,22,26-27H,4-7,14-15H2,1-3H3. The average Bonchev–Trinajstić information content (AvgIpc) is 3.27. The van der Waals surface area contributed by atoms with Gasteiger partial charge in [0.05, 0.1) is 19.8 Å². The summed E-state index contributed by atoms with van der Waals surface area (Å²) in [6.07, 6.45) is 5.14. The summed E-state index contributed by atoms with van der Waals surface area (Å²) in [4.78, 5) is 14.5. The summed E-state index contributed by atoms with van der Waals surface area (Å²) in [5, 5.41) is 0. The highest BCUT2D eigenvalue weighted by atomic mass is 19.1. The van der Waals surface area contributed by atoms with E-state index in [1.807, 2.05) is 19.2 Å². The van der Waals surface area contributed by atoms with Crippen molar-refractivity contribution in [1.29, 1.82) is 0 Å². The Balaban J connectivity index is 1.37. The van der Waals surface area contributed by atoms with Crippen molar-refractivity contribution in [3.63, 3.8) is 0 Å². The van der Waals surface area contributed by atoms with Gasteiger partial charge in [0.1, 0.15) is 17.3 Å². The molecule has 2 N–H and O–H groups in total. The van der Waals surface area contributed by atoms with Crippen LogP contribution in [0, 0.1) is 5.82 Å². The van der Waals surface area contributed by atoms with Crippen molar-refractivity contribution in [3.05, 3.63) is 59.4 Å². The van der Waals surface area contributed by atoms with E-state index in [9.17, 15) is 9.18 Å². The van der Waals surface area contributed by atoms with Crippen LogP contribution in [0.5, 0.6) is 11.5 Å². The number of carbonyl (C=O) groups excluding carboxylic acids is 1. The van der Waals surface area contributed by atoms with Gasteiger partial charge in [0.2, 0.25) is 0 Å². The van der Waals surface area contributed by atoms with Crippen LogP contribution < -0.4 is 20.3 Å². The predicted octanol–water partition coefficient (Wildman–Crippen LogP) is 4.08. The number of hydrogen-bond donors (Lipinski definition) is 2. The van der Waals surface area contributed by atoms with Crippen LogP contribution in [0.2, 0.25) is 0 Å². The molecule has 1 saturated heterocycles. The summed E-state index contributed by atoms with van der Waals surface area (Å²) < 4.78 is 23.6. The number of nitrogens with zero attached hydrogens (tertiary/aromatic N) is 1. The number of carbonyl (C=O) groups is 1. The van der Waals surface area contributed by atoms with E-state index in [-0.39, 0.29) is 17.8 Å². The van der Waals surface area contributed by atoms with E-state index in [2.05, 4.69) is 10.9 Å². The van der Waals surface area contributed by atoms with Gasteiger partial charge in [-0.05, 0) is 49.1 Å². The van der Waals surface area contributed by atoms with Gasteiger partial charge in [-0.2, -0.15) is 0 Å². The summed E-state index contributed by atoms with van der Waals surface area (Å²) in [6, 6.07) is 12.5. The summed E-state index contributed by atoms with van der Waals surface area (Å²) >= 11 is 0. The minimum atomic E-state index is -0.208. The van der Waals surface area contributed by atoms with Gasteiger partial charge < -0.3 is 14.4 Å². The number of halogens is 1. The van der Waals surface area contributed by atoms with Crippen molar-refractivity contribution in [2.45, 2.75) is 44.2 Å². The zero-order chi connectivity index (χ0) is 22.2. The number of amides is 1. The maximum Gasteiger partial charge on any atom is 0.257 e. The highest BCUT2D eigenvalue weighted by Crippen LogP contribution is 2.26. The van der Waals surface area contributed by atoms with Crippen molar-refractivity contribution in [2.75, 3.05) is 27.8 Å². The van der Waals surface area contributed by atoms with Gasteiger partial charge in [-0.15, -0.1) is 0 Å². The molecule has 7 heteroatoms. The monoisotopic (exact) mass is 429 g/mol. The van der Waals surface area contributed by atoms with Crippen molar-refractivity contribution in [2.24, 2.45) is 0 Å². The van der Waals surface area contributed by atoms with E-state index in [1.54, 1.807) is 37.3 Å². The number of benzene rings is 2. The van der Waals surface area contributed by atoms with E-state index in [1.165, 1.54) is 12.1 Å². The lowest BCUT2D eigenvalue weighted by Crippen LogP contribution is -2.31. The Morgan fingerprint density at radius 2 is 1.84 bits per heavy atom. The predicted molar refractivity (Wildman–Crippen MR) is 119 cm³/mol. The molecule has 1 aliphatic rings. The number of hydrazine groups is 1. The number of rotatable bonds is 10. The third kappa shape index (κ3) is 6.18. The lowest BCUT2D eigenvalue weighted by atomic mass is 9.99. The molecule has 1 fully saturated rings. The van der Waals surface area contributed by atoms with Crippen LogP contribution in [0.15, 0.2) is 42.5 Å². The second-order valence-corrected chi connectivity index (χ2v) is 7.97. The van der Waals surface area contributed by atoms with Crippen LogP contribution in [0.1, 0.15) is 54.1 Å². The molecule has 2 aromatic rings. The molecule has 0 spiro atoms. The first-order valence-corrected chi connectivity index (χ1v) is 10.8. The van der Waals surface area contributed by atoms with Crippen molar-refractivity contribution in [3.8, 4) is 11.5 Å². The van der Waals surface area contributed by atoms with E-state index < -0.39 is 0 Å². The van der Waals surface area contributed by atoms with Crippen molar-refractivity contribution in [1.82, 2.24) is 15.8 Å². The Morgan fingerprint density at radius 1 is 1.06 bits per heavy atom. The first-order chi connectivity index (χ1) is 15.0. The third-order valence-electron chi connectivity index (χ3n) is 5.79. The summed E-state index contributed by atoms with van der Waals surface area (Å²) in [5.41, 5.74) is 8.30. The highest BCUT2D eigenvalue weighted by Gasteiger charge is 2.24. The fourth-order valence-corrected chi connectivity index (χ4v) is 3.92. The van der Waals surface area contributed by atoms with Crippen LogP contribution in [-0.4, -0.2) is 44.7 Å². The van der Waals surface area contributed by atoms with Gasteiger partial charge >= 0.3 is 0 Å². The number of nitrogens with one attached hydrogen (secondary N) is 2. The smallest absolute Gasteiger partial charge is 0.257 e. The van der Waals surface area contributed by atoms with Gasteiger partial charge in [-0.25, -0.2) is 4.39 Å². The van der Waals surface area contributed by atoms with Crippen LogP contribution in [0.4, 0.5) is 4.39 Å². The Bertz CT molecular complexity index is 860. The Labute approximate surface area is 183 Å². The van der Waals surface area contributed by atoms with Gasteiger partial charge in [-0.1, -0.05) is 25.0 Å². The molecule has 0 aliphatic carbocycles. The van der Waals surface area contributed by atoms with Gasteiger partial charge in [0, 0.05) is 31.7 Å². The topological polar surface area (TPSA) is 62.8 Å². The summed E-state index contributed by atoms with van der Waals surface area (Å²) in [5.74, 6) is 0.919. The van der Waals surface area contributed by atoms with E-state index in [0.29, 0.717) is 29.6 Å². The van der Waals surface area contributed by atoms with Crippen LogP contribution in [0.3, 0.4) is 0 Å². The zero-order valence-corrected chi connectivity index (χ0v) is 18.5. The molecule has 2 aromatic carbocycles. The maximum absolute atomic E-state index is 13.1. The fraction of sp³-hybridized carbons (Fsp3) is 0.458. The first-order valence-electron chi connectivity index (χ1n) is 10.8. The molecular formula is C24H32FN3O3. The molecule has 0 radical (unpaired) electrons. The Kier molecular flexibility index (Phi) is 8.26. The number of unbranched alkanes of at least 4 members (excludes halogenated alkanes) is 2. The molecule has 31 heavy (non-hydrogen) atoms. The highest BCUT2D eigenvalue weighted by molar-refractivity contribution is 5.97. The van der Waals surface area contributed by atoms with Crippen LogP contribution in [-0.2, 0) is 0 Å². The van der Waals surface area contributed by atoms with Crippen LogP contribution >= 0.6 is 0 Å². The minimum Gasteiger partial charge on any atom is -0.497 e. The molecule has 0 aromatic heterocycles. The minimum absolute atomic E-state index is 0.0525. The van der Waals surface area contributed by atoms with Gasteiger partial charge in [0.25, 0.3) is 5.91 Å². The summed E-state index contributed by atoms with van der Waals surface area (Å²) in [7, 11) is 4.96. The SMILES string of the molecule is COc1ccc(C(=O)N(C)CCCCCC2CC(c3ccc(F)cc3)NN2)c(OC)c1. The largest absolute Gasteiger partial charge is 0.497 e. The lowest BCUT2D eigenvalue weighted by Gasteiger charge is -2.19. The molecule has 3 rings (SSSR count). The average molecular weight is 430 g/mol. The molecule has 1 aliphatic heterocycles. The molecule has 0 bridgehead atoms. The van der Waals surface area contributed by atoms with Crippen LogP contribution in [0.25, 0.3) is 0 Å². The Morgan fingerprint density at radius 3 is 2.55 bits per heavy atom. The van der Waals surface area contributed by atoms with E-state index >= 15 is 0 Å². The number of methoxy groups -OCH3 is 2. The molecule has 6 nitrogen and oxygen atoms in total. The lowest BCUT2D eigenvalue weighted by molar-refractivity contribution is 0.0789. The second-order valence-electron chi connectivity index (χ2n) is 7.97. The molecule has 1 heterocycles. The number of hydrogen-bond acceptors (Lipinski definition) is 5. The fourth-order valence-electron chi connectivity index (χ4n) is 3.92. The van der Waals surface area contributed by atoms with Crippen molar-refractivity contribution >= 4 is 5.91 Å². The van der Waals surface area contributed by atoms with E-state index in [0.717, 1.165) is 37.7 Å². The molecule has 2 unspecified atom stereocenters. The third-order valence-corrected chi connectivity index (χ3v) is 5.79. The first kappa shape index (κ1) is 23.0. The van der Waals surface area contributed by atoms with Gasteiger partial charge in [0.15, 0.2) is 0 Å². The quantitative estimate of drug-likeness (QED) is 0.557. The molecule has 2 atom stereocenters. The number of ether oxygens (including phenoxy) is 2. The zero-order valence-electron chi connectivity index (χ0n) is 18.5. The Hall–Kier alpha value is -2.64. The normalized spacial score (nSPS) is 18.1. The molecule has 0 saturated carbocycles. The molecule has 1 amide bonds. The van der Waals surface area contributed by atoms with Gasteiger partial charge in [-0.3, -0.25) is 15.6 Å².